The molecule has 2 N–H and O–H groups in total. The number of aryl methyl sites for hydroxylation is 1. The Kier molecular flexibility index (Phi) is 9.12. The predicted octanol–water partition coefficient (Wildman–Crippen LogP) is 2.33. The third-order valence-corrected chi connectivity index (χ3v) is 4.36. The highest BCUT2D eigenvalue weighted by Gasteiger charge is 2.35. The van der Waals surface area contributed by atoms with Crippen LogP contribution in [-0.4, -0.2) is 46.5 Å². The molecule has 8 heteroatoms. The number of aliphatic imine (C=N–C) groups is 1. The molecule has 2 unspecified atom stereocenters. The third kappa shape index (κ3) is 6.73. The highest BCUT2D eigenvalue weighted by molar-refractivity contribution is 14.0. The van der Waals surface area contributed by atoms with Crippen molar-refractivity contribution in [2.45, 2.75) is 53.2 Å². The number of aromatic nitrogens is 3. The second kappa shape index (κ2) is 10.3. The molecule has 0 aromatic carbocycles. The van der Waals surface area contributed by atoms with Crippen LogP contribution in [0.25, 0.3) is 0 Å². The minimum absolute atomic E-state index is 0. The first-order chi connectivity index (χ1) is 11.4. The van der Waals surface area contributed by atoms with Crippen LogP contribution in [0.4, 0.5) is 0 Å². The first kappa shape index (κ1) is 22.1. The van der Waals surface area contributed by atoms with Gasteiger partial charge in [-0.1, -0.05) is 20.8 Å². The van der Waals surface area contributed by atoms with Crippen LogP contribution in [0, 0.1) is 11.3 Å². The standard InChI is InChI=1S/C17H32N6O.HI/c1-6-18-16(20-11-14-21-12-22-23(14)5)19-10-13-8-7-9-24-15(13)17(2,3)4;/h12-13,15H,6-11H2,1-5H3,(H2,18,19,20);1H. The highest BCUT2D eigenvalue weighted by Crippen LogP contribution is 2.33. The normalized spacial score (nSPS) is 21.6. The van der Waals surface area contributed by atoms with Gasteiger partial charge < -0.3 is 15.4 Å². The molecule has 0 aliphatic carbocycles. The van der Waals surface area contributed by atoms with Crippen molar-refractivity contribution in [3.63, 3.8) is 0 Å². The Morgan fingerprint density at radius 2 is 2.16 bits per heavy atom. The van der Waals surface area contributed by atoms with Crippen LogP contribution >= 0.6 is 24.0 Å². The van der Waals surface area contributed by atoms with Crippen molar-refractivity contribution in [1.82, 2.24) is 25.4 Å². The average Bonchev–Trinajstić information content (AvgIpc) is 2.94. The Morgan fingerprint density at radius 3 is 2.76 bits per heavy atom. The summed E-state index contributed by atoms with van der Waals surface area (Å²) in [6.45, 7) is 11.9. The van der Waals surface area contributed by atoms with Crippen LogP contribution in [0.5, 0.6) is 0 Å². The summed E-state index contributed by atoms with van der Waals surface area (Å²) in [5.41, 5.74) is 0.154. The smallest absolute Gasteiger partial charge is 0.191 e. The topological polar surface area (TPSA) is 76.4 Å². The summed E-state index contributed by atoms with van der Waals surface area (Å²) >= 11 is 0. The van der Waals surface area contributed by atoms with Gasteiger partial charge in [0.05, 0.1) is 6.10 Å². The first-order valence-corrected chi connectivity index (χ1v) is 8.88. The monoisotopic (exact) mass is 464 g/mol. The van der Waals surface area contributed by atoms with Gasteiger partial charge in [0, 0.05) is 32.7 Å². The van der Waals surface area contributed by atoms with Crippen molar-refractivity contribution in [3.8, 4) is 0 Å². The van der Waals surface area contributed by atoms with Gasteiger partial charge in [0.15, 0.2) is 5.96 Å². The number of halogens is 1. The summed E-state index contributed by atoms with van der Waals surface area (Å²) in [7, 11) is 1.88. The summed E-state index contributed by atoms with van der Waals surface area (Å²) < 4.78 is 7.81. The van der Waals surface area contributed by atoms with E-state index in [1.165, 1.54) is 6.42 Å². The zero-order valence-electron chi connectivity index (χ0n) is 16.1. The summed E-state index contributed by atoms with van der Waals surface area (Å²) in [5, 5.41) is 10.8. The lowest BCUT2D eigenvalue weighted by Crippen LogP contribution is -2.47. The molecule has 7 nitrogen and oxygen atoms in total. The van der Waals surface area contributed by atoms with Gasteiger partial charge in [0.1, 0.15) is 18.7 Å². The Bertz CT molecular complexity index is 539. The van der Waals surface area contributed by atoms with E-state index in [1.807, 2.05) is 7.05 Å². The highest BCUT2D eigenvalue weighted by atomic mass is 127. The van der Waals surface area contributed by atoms with Gasteiger partial charge in [-0.3, -0.25) is 4.68 Å². The van der Waals surface area contributed by atoms with Gasteiger partial charge >= 0.3 is 0 Å². The van der Waals surface area contributed by atoms with E-state index in [0.29, 0.717) is 12.5 Å². The zero-order chi connectivity index (χ0) is 17.6. The molecule has 2 rings (SSSR count). The van der Waals surface area contributed by atoms with Crippen molar-refractivity contribution in [1.29, 1.82) is 0 Å². The van der Waals surface area contributed by atoms with Crippen molar-refractivity contribution in [2.24, 2.45) is 23.4 Å². The molecule has 1 fully saturated rings. The number of ether oxygens (including phenoxy) is 1. The summed E-state index contributed by atoms with van der Waals surface area (Å²) in [5.74, 6) is 2.16. The Balaban J connectivity index is 0.00000312. The van der Waals surface area contributed by atoms with Crippen LogP contribution in [0.15, 0.2) is 11.3 Å². The lowest BCUT2D eigenvalue weighted by molar-refractivity contribution is -0.0835. The van der Waals surface area contributed by atoms with E-state index in [2.05, 4.69) is 53.4 Å². The lowest BCUT2D eigenvalue weighted by atomic mass is 9.78. The van der Waals surface area contributed by atoms with Crippen molar-refractivity contribution in [3.05, 3.63) is 12.2 Å². The quantitative estimate of drug-likeness (QED) is 0.398. The number of hydrogen-bond donors (Lipinski definition) is 2. The molecule has 0 radical (unpaired) electrons. The van der Waals surface area contributed by atoms with Crippen molar-refractivity contribution >= 4 is 29.9 Å². The van der Waals surface area contributed by atoms with Gasteiger partial charge in [0.25, 0.3) is 0 Å². The van der Waals surface area contributed by atoms with Gasteiger partial charge in [-0.15, -0.1) is 24.0 Å². The van der Waals surface area contributed by atoms with Crippen LogP contribution in [0.1, 0.15) is 46.4 Å². The molecule has 1 saturated heterocycles. The Hall–Kier alpha value is -0.900. The number of rotatable bonds is 5. The van der Waals surface area contributed by atoms with E-state index in [4.69, 9.17) is 4.74 Å². The third-order valence-electron chi connectivity index (χ3n) is 4.36. The minimum Gasteiger partial charge on any atom is -0.377 e. The van der Waals surface area contributed by atoms with Gasteiger partial charge in [-0.2, -0.15) is 5.10 Å². The van der Waals surface area contributed by atoms with E-state index < -0.39 is 0 Å². The van der Waals surface area contributed by atoms with E-state index >= 15 is 0 Å². The molecule has 25 heavy (non-hydrogen) atoms. The second-order valence-electron chi connectivity index (χ2n) is 7.44. The SMILES string of the molecule is CCNC(=NCc1ncnn1C)NCC1CCCOC1C(C)(C)C.I. The second-order valence-corrected chi connectivity index (χ2v) is 7.44. The fourth-order valence-corrected chi connectivity index (χ4v) is 3.19. The van der Waals surface area contributed by atoms with E-state index in [-0.39, 0.29) is 35.5 Å². The zero-order valence-corrected chi connectivity index (χ0v) is 18.4. The number of hydrogen-bond acceptors (Lipinski definition) is 4. The number of nitrogens with zero attached hydrogens (tertiary/aromatic N) is 4. The molecule has 144 valence electrons. The van der Waals surface area contributed by atoms with Gasteiger partial charge in [-0.05, 0) is 25.2 Å². The number of guanidine groups is 1. The van der Waals surface area contributed by atoms with Crippen LogP contribution in [-0.2, 0) is 18.3 Å². The Labute approximate surface area is 168 Å². The maximum Gasteiger partial charge on any atom is 0.191 e. The van der Waals surface area contributed by atoms with Crippen LogP contribution < -0.4 is 10.6 Å². The Morgan fingerprint density at radius 1 is 1.40 bits per heavy atom. The molecular weight excluding hydrogens is 431 g/mol. The van der Waals surface area contributed by atoms with E-state index in [9.17, 15) is 0 Å². The van der Waals surface area contributed by atoms with Crippen LogP contribution in [0.2, 0.25) is 0 Å². The fraction of sp³-hybridized carbons (Fsp3) is 0.824. The largest absolute Gasteiger partial charge is 0.377 e. The molecule has 1 aliphatic heterocycles. The summed E-state index contributed by atoms with van der Waals surface area (Å²) in [6, 6.07) is 0. The summed E-state index contributed by atoms with van der Waals surface area (Å²) in [4.78, 5) is 8.83. The molecule has 0 spiro atoms. The predicted molar refractivity (Wildman–Crippen MR) is 111 cm³/mol. The molecule has 1 aliphatic rings. The molecule has 0 bridgehead atoms. The molecule has 2 atom stereocenters. The molecular formula is C17H33IN6O. The molecule has 1 aromatic rings. The minimum atomic E-state index is 0. The molecule has 0 amide bonds. The molecule has 1 aromatic heterocycles. The maximum absolute atomic E-state index is 6.06. The summed E-state index contributed by atoms with van der Waals surface area (Å²) in [6.07, 6.45) is 4.15. The maximum atomic E-state index is 6.06. The first-order valence-electron chi connectivity index (χ1n) is 8.88. The molecule has 2 heterocycles. The van der Waals surface area contributed by atoms with E-state index in [1.54, 1.807) is 11.0 Å². The van der Waals surface area contributed by atoms with Crippen LogP contribution in [0.3, 0.4) is 0 Å². The molecule has 0 saturated carbocycles. The number of nitrogens with one attached hydrogen (secondary N) is 2. The van der Waals surface area contributed by atoms with E-state index in [0.717, 1.165) is 37.9 Å². The van der Waals surface area contributed by atoms with Crippen molar-refractivity contribution in [2.75, 3.05) is 19.7 Å². The van der Waals surface area contributed by atoms with Gasteiger partial charge in [-0.25, -0.2) is 9.98 Å². The average molecular weight is 464 g/mol. The fourth-order valence-electron chi connectivity index (χ4n) is 3.19. The van der Waals surface area contributed by atoms with Crippen molar-refractivity contribution < 1.29 is 4.74 Å². The lowest BCUT2D eigenvalue weighted by Gasteiger charge is -2.40. The van der Waals surface area contributed by atoms with Gasteiger partial charge in [0.2, 0.25) is 0 Å².